The van der Waals surface area contributed by atoms with E-state index in [2.05, 4.69) is 53.7 Å². The molecule has 0 radical (unpaired) electrons. The first-order valence-corrected chi connectivity index (χ1v) is 7.12. The van der Waals surface area contributed by atoms with Crippen LogP contribution in [0.5, 0.6) is 0 Å². The first-order chi connectivity index (χ1) is 10.3. The second-order valence-corrected chi connectivity index (χ2v) is 5.37. The standard InChI is InChI=1S/C18H19N3/c1-13-5-4-6-14(9-13)10-18(21-19)16-11-15-7-2-3-8-17(15)20-12-16/h2-9,11-12,18,21H,10,19H2,1H3. The largest absolute Gasteiger partial charge is 0.271 e. The number of benzene rings is 2. The predicted octanol–water partition coefficient (Wildman–Crippen LogP) is 3.29. The summed E-state index contributed by atoms with van der Waals surface area (Å²) in [5, 5.41) is 1.14. The lowest BCUT2D eigenvalue weighted by atomic mass is 9.98. The summed E-state index contributed by atoms with van der Waals surface area (Å²) < 4.78 is 0. The Bertz CT molecular complexity index is 752. The number of nitrogens with one attached hydrogen (secondary N) is 1. The van der Waals surface area contributed by atoms with E-state index in [-0.39, 0.29) is 6.04 Å². The topological polar surface area (TPSA) is 50.9 Å². The number of para-hydroxylation sites is 1. The van der Waals surface area contributed by atoms with Crippen molar-refractivity contribution >= 4 is 10.9 Å². The molecule has 1 aromatic heterocycles. The van der Waals surface area contributed by atoms with Gasteiger partial charge in [0.25, 0.3) is 0 Å². The summed E-state index contributed by atoms with van der Waals surface area (Å²) in [4.78, 5) is 4.51. The van der Waals surface area contributed by atoms with Crippen molar-refractivity contribution < 1.29 is 0 Å². The van der Waals surface area contributed by atoms with E-state index in [9.17, 15) is 0 Å². The van der Waals surface area contributed by atoms with Crippen LogP contribution in [0, 0.1) is 6.92 Å². The molecule has 3 N–H and O–H groups in total. The molecule has 2 aromatic carbocycles. The zero-order valence-electron chi connectivity index (χ0n) is 12.1. The molecule has 0 amide bonds. The summed E-state index contributed by atoms with van der Waals surface area (Å²) >= 11 is 0. The van der Waals surface area contributed by atoms with E-state index in [1.807, 2.05) is 24.4 Å². The van der Waals surface area contributed by atoms with Crippen molar-refractivity contribution in [3.05, 3.63) is 77.5 Å². The lowest BCUT2D eigenvalue weighted by Gasteiger charge is -2.17. The molecule has 1 atom stereocenters. The summed E-state index contributed by atoms with van der Waals surface area (Å²) in [6, 6.07) is 18.8. The zero-order valence-corrected chi connectivity index (χ0v) is 12.1. The Morgan fingerprint density at radius 2 is 1.95 bits per heavy atom. The van der Waals surface area contributed by atoms with Gasteiger partial charge in [0, 0.05) is 11.6 Å². The SMILES string of the molecule is Cc1cccc(CC(NN)c2cnc3ccccc3c2)c1. The van der Waals surface area contributed by atoms with Gasteiger partial charge in [-0.1, -0.05) is 48.0 Å². The first kappa shape index (κ1) is 13.7. The van der Waals surface area contributed by atoms with Gasteiger partial charge in [0.1, 0.15) is 0 Å². The van der Waals surface area contributed by atoms with Gasteiger partial charge in [-0.3, -0.25) is 16.3 Å². The summed E-state index contributed by atoms with van der Waals surface area (Å²) in [5.74, 6) is 5.76. The molecular weight excluding hydrogens is 258 g/mol. The van der Waals surface area contributed by atoms with Crippen molar-refractivity contribution in [1.29, 1.82) is 0 Å². The Balaban J connectivity index is 1.90. The van der Waals surface area contributed by atoms with Gasteiger partial charge in [-0.25, -0.2) is 0 Å². The monoisotopic (exact) mass is 277 g/mol. The fourth-order valence-electron chi connectivity index (χ4n) is 2.63. The number of rotatable bonds is 4. The van der Waals surface area contributed by atoms with E-state index < -0.39 is 0 Å². The van der Waals surface area contributed by atoms with Gasteiger partial charge in [-0.15, -0.1) is 0 Å². The highest BCUT2D eigenvalue weighted by atomic mass is 15.2. The molecule has 3 rings (SSSR count). The number of aryl methyl sites for hydroxylation is 1. The van der Waals surface area contributed by atoms with Crippen molar-refractivity contribution in [1.82, 2.24) is 10.4 Å². The molecule has 1 heterocycles. The van der Waals surface area contributed by atoms with Crippen LogP contribution in [-0.4, -0.2) is 4.98 Å². The van der Waals surface area contributed by atoms with Crippen LogP contribution in [0.4, 0.5) is 0 Å². The molecular formula is C18H19N3. The molecule has 1 unspecified atom stereocenters. The molecule has 0 saturated heterocycles. The van der Waals surface area contributed by atoms with Crippen LogP contribution in [0.1, 0.15) is 22.7 Å². The van der Waals surface area contributed by atoms with Crippen molar-refractivity contribution in [2.45, 2.75) is 19.4 Å². The Morgan fingerprint density at radius 1 is 1.10 bits per heavy atom. The molecule has 0 fully saturated rings. The number of nitrogens with two attached hydrogens (primary N) is 1. The Labute approximate surface area is 124 Å². The highest BCUT2D eigenvalue weighted by Crippen LogP contribution is 2.21. The maximum atomic E-state index is 5.76. The van der Waals surface area contributed by atoms with Gasteiger partial charge in [0.2, 0.25) is 0 Å². The predicted molar refractivity (Wildman–Crippen MR) is 86.7 cm³/mol. The molecule has 0 spiro atoms. The minimum absolute atomic E-state index is 0.0592. The van der Waals surface area contributed by atoms with Crippen molar-refractivity contribution in [2.24, 2.45) is 5.84 Å². The molecule has 0 aliphatic heterocycles. The van der Waals surface area contributed by atoms with Crippen molar-refractivity contribution in [2.75, 3.05) is 0 Å². The van der Waals surface area contributed by atoms with Gasteiger partial charge in [-0.05, 0) is 36.6 Å². The van der Waals surface area contributed by atoms with E-state index in [0.29, 0.717) is 0 Å². The quantitative estimate of drug-likeness (QED) is 0.568. The van der Waals surface area contributed by atoms with Crippen molar-refractivity contribution in [3.63, 3.8) is 0 Å². The minimum atomic E-state index is 0.0592. The van der Waals surface area contributed by atoms with Gasteiger partial charge >= 0.3 is 0 Å². The van der Waals surface area contributed by atoms with Crippen LogP contribution < -0.4 is 11.3 Å². The fraction of sp³-hybridized carbons (Fsp3) is 0.167. The third kappa shape index (κ3) is 3.10. The van der Waals surface area contributed by atoms with Crippen LogP contribution in [0.2, 0.25) is 0 Å². The third-order valence-electron chi connectivity index (χ3n) is 3.74. The molecule has 106 valence electrons. The van der Waals surface area contributed by atoms with Gasteiger partial charge in [0.15, 0.2) is 0 Å². The molecule has 21 heavy (non-hydrogen) atoms. The van der Waals surface area contributed by atoms with E-state index in [0.717, 1.165) is 22.9 Å². The average molecular weight is 277 g/mol. The van der Waals surface area contributed by atoms with Crippen LogP contribution in [0.15, 0.2) is 60.8 Å². The zero-order chi connectivity index (χ0) is 14.7. The molecule has 0 saturated carbocycles. The van der Waals surface area contributed by atoms with Gasteiger partial charge in [-0.2, -0.15) is 0 Å². The molecule has 0 aliphatic carbocycles. The maximum Gasteiger partial charge on any atom is 0.0702 e. The average Bonchev–Trinajstić information content (AvgIpc) is 2.52. The van der Waals surface area contributed by atoms with Gasteiger partial charge < -0.3 is 0 Å². The second kappa shape index (κ2) is 6.04. The van der Waals surface area contributed by atoms with Crippen LogP contribution in [0.25, 0.3) is 10.9 Å². The number of hydrazine groups is 1. The molecule has 0 aliphatic rings. The highest BCUT2D eigenvalue weighted by molar-refractivity contribution is 5.78. The number of nitrogens with zero attached hydrogens (tertiary/aromatic N) is 1. The number of pyridine rings is 1. The molecule has 3 aromatic rings. The van der Waals surface area contributed by atoms with Crippen LogP contribution in [-0.2, 0) is 6.42 Å². The lowest BCUT2D eigenvalue weighted by Crippen LogP contribution is -2.29. The van der Waals surface area contributed by atoms with E-state index >= 15 is 0 Å². The van der Waals surface area contributed by atoms with E-state index in [1.165, 1.54) is 11.1 Å². The summed E-state index contributed by atoms with van der Waals surface area (Å²) in [6.45, 7) is 2.10. The number of aromatic nitrogens is 1. The smallest absolute Gasteiger partial charge is 0.0702 e. The third-order valence-corrected chi connectivity index (χ3v) is 3.74. The number of hydrogen-bond donors (Lipinski definition) is 2. The van der Waals surface area contributed by atoms with Gasteiger partial charge in [0.05, 0.1) is 11.6 Å². The lowest BCUT2D eigenvalue weighted by molar-refractivity contribution is 0.551. The summed E-state index contributed by atoms with van der Waals surface area (Å²) in [6.07, 6.45) is 2.75. The summed E-state index contributed by atoms with van der Waals surface area (Å²) in [5.41, 5.74) is 7.56. The van der Waals surface area contributed by atoms with Crippen LogP contribution in [0.3, 0.4) is 0 Å². The Morgan fingerprint density at radius 3 is 2.76 bits per heavy atom. The van der Waals surface area contributed by atoms with Crippen LogP contribution >= 0.6 is 0 Å². The number of fused-ring (bicyclic) bond motifs is 1. The molecule has 3 nitrogen and oxygen atoms in total. The molecule has 3 heteroatoms. The number of hydrogen-bond acceptors (Lipinski definition) is 3. The Hall–Kier alpha value is -2.23. The first-order valence-electron chi connectivity index (χ1n) is 7.12. The fourth-order valence-corrected chi connectivity index (χ4v) is 2.63. The Kier molecular flexibility index (Phi) is 3.95. The molecule has 0 bridgehead atoms. The van der Waals surface area contributed by atoms with E-state index in [4.69, 9.17) is 5.84 Å². The summed E-state index contributed by atoms with van der Waals surface area (Å²) in [7, 11) is 0. The second-order valence-electron chi connectivity index (χ2n) is 5.37. The highest BCUT2D eigenvalue weighted by Gasteiger charge is 2.12. The van der Waals surface area contributed by atoms with Crippen molar-refractivity contribution in [3.8, 4) is 0 Å². The van der Waals surface area contributed by atoms with E-state index in [1.54, 1.807) is 0 Å². The maximum absolute atomic E-state index is 5.76. The normalized spacial score (nSPS) is 12.5. The minimum Gasteiger partial charge on any atom is -0.271 e.